The number of ether oxygens (including phenoxy) is 1. The molecule has 0 aliphatic heterocycles. The van der Waals surface area contributed by atoms with Crippen LogP contribution in [0.5, 0.6) is 5.75 Å². The van der Waals surface area contributed by atoms with E-state index >= 15 is 0 Å². The Hall–Kier alpha value is -2.04. The maximum atomic E-state index is 12.0. The van der Waals surface area contributed by atoms with Crippen molar-refractivity contribution in [3.8, 4) is 17.0 Å². The molecule has 0 aliphatic carbocycles. The third-order valence-electron chi connectivity index (χ3n) is 2.30. The van der Waals surface area contributed by atoms with Gasteiger partial charge in [0, 0.05) is 11.8 Å². The molecule has 0 radical (unpaired) electrons. The average Bonchev–Trinajstić information content (AvgIpc) is 2.40. The summed E-state index contributed by atoms with van der Waals surface area (Å²) < 4.78 is 39.7. The lowest BCUT2D eigenvalue weighted by atomic mass is 10.1. The second-order valence-corrected chi connectivity index (χ2v) is 3.79. The van der Waals surface area contributed by atoms with Gasteiger partial charge in [-0.2, -0.15) is 0 Å². The number of nitrogens with zero attached hydrogens (tertiary/aromatic N) is 1. The molecule has 5 heteroatoms. The summed E-state index contributed by atoms with van der Waals surface area (Å²) in [4.78, 5) is 4.15. The first-order valence-electron chi connectivity index (χ1n) is 6.23. The van der Waals surface area contributed by atoms with E-state index in [0.29, 0.717) is 5.69 Å². The molecule has 1 aromatic heterocycles. The first-order chi connectivity index (χ1) is 9.44. The molecule has 0 amide bonds. The lowest BCUT2D eigenvalue weighted by Gasteiger charge is -2.09. The Balaban J connectivity index is 0.000000956. The molecule has 2 rings (SSSR count). The Morgan fingerprint density at radius 1 is 1.00 bits per heavy atom. The van der Waals surface area contributed by atoms with Gasteiger partial charge in [0.2, 0.25) is 0 Å². The fourth-order valence-electron chi connectivity index (χ4n) is 1.52. The molecule has 0 saturated carbocycles. The number of hydrogen-bond acceptors (Lipinski definition) is 2. The molecule has 0 aliphatic rings. The van der Waals surface area contributed by atoms with Crippen LogP contribution in [-0.2, 0) is 0 Å². The Morgan fingerprint density at radius 2 is 1.60 bits per heavy atom. The van der Waals surface area contributed by atoms with Crippen molar-refractivity contribution in [1.82, 2.24) is 4.98 Å². The summed E-state index contributed by atoms with van der Waals surface area (Å²) in [7, 11) is 0. The first-order valence-corrected chi connectivity index (χ1v) is 6.23. The van der Waals surface area contributed by atoms with Gasteiger partial charge >= 0.3 is 6.36 Å². The average molecular weight is 283 g/mol. The number of rotatable bonds is 2. The molecule has 2 aromatic rings. The SMILES string of the molecule is CC.Cc1ccnc(-c2ccc(OC(F)(F)F)cc2)c1. The van der Waals surface area contributed by atoms with E-state index in [1.807, 2.05) is 32.9 Å². The van der Waals surface area contributed by atoms with Crippen LogP contribution in [0.2, 0.25) is 0 Å². The van der Waals surface area contributed by atoms with Gasteiger partial charge in [-0.15, -0.1) is 13.2 Å². The number of aromatic nitrogens is 1. The third-order valence-corrected chi connectivity index (χ3v) is 2.30. The fraction of sp³-hybridized carbons (Fsp3) is 0.267. The summed E-state index contributed by atoms with van der Waals surface area (Å²) in [6.07, 6.45) is -3.01. The van der Waals surface area contributed by atoms with E-state index in [1.54, 1.807) is 18.3 Å². The molecule has 1 aromatic carbocycles. The Kier molecular flexibility index (Phi) is 5.55. The van der Waals surface area contributed by atoms with Crippen LogP contribution in [0.4, 0.5) is 13.2 Å². The molecule has 0 fully saturated rings. The molecule has 0 atom stereocenters. The number of aryl methyl sites for hydroxylation is 1. The van der Waals surface area contributed by atoms with Crippen LogP contribution < -0.4 is 4.74 Å². The maximum absolute atomic E-state index is 12.0. The second-order valence-electron chi connectivity index (χ2n) is 3.79. The largest absolute Gasteiger partial charge is 0.573 e. The molecule has 0 spiro atoms. The van der Waals surface area contributed by atoms with Gasteiger partial charge in [0.1, 0.15) is 5.75 Å². The quantitative estimate of drug-likeness (QED) is 0.775. The van der Waals surface area contributed by atoms with Crippen LogP contribution in [-0.4, -0.2) is 11.3 Å². The van der Waals surface area contributed by atoms with E-state index in [-0.39, 0.29) is 5.75 Å². The lowest BCUT2D eigenvalue weighted by Crippen LogP contribution is -2.16. The summed E-state index contributed by atoms with van der Waals surface area (Å²) in [5.74, 6) is -0.237. The molecule has 2 nitrogen and oxygen atoms in total. The van der Waals surface area contributed by atoms with Crippen LogP contribution in [0, 0.1) is 6.92 Å². The molecule has 0 saturated heterocycles. The minimum Gasteiger partial charge on any atom is -0.406 e. The standard InChI is InChI=1S/C13H10F3NO.C2H6/c1-9-6-7-17-12(8-9)10-2-4-11(5-3-10)18-13(14,15)16;1-2/h2-8H,1H3;1-2H3. The molecule has 0 N–H and O–H groups in total. The van der Waals surface area contributed by atoms with Gasteiger partial charge in [0.25, 0.3) is 0 Å². The van der Waals surface area contributed by atoms with Crippen LogP contribution >= 0.6 is 0 Å². The predicted octanol–water partition coefficient (Wildman–Crippen LogP) is 4.98. The summed E-state index contributed by atoms with van der Waals surface area (Å²) >= 11 is 0. The number of benzene rings is 1. The number of hydrogen-bond donors (Lipinski definition) is 0. The molecule has 0 bridgehead atoms. The minimum atomic E-state index is -4.66. The van der Waals surface area contributed by atoms with E-state index < -0.39 is 6.36 Å². The van der Waals surface area contributed by atoms with Crippen molar-refractivity contribution in [3.63, 3.8) is 0 Å². The number of alkyl halides is 3. The van der Waals surface area contributed by atoms with Crippen molar-refractivity contribution < 1.29 is 17.9 Å². The van der Waals surface area contributed by atoms with Gasteiger partial charge in [-0.05, 0) is 48.9 Å². The van der Waals surface area contributed by atoms with E-state index in [0.717, 1.165) is 11.1 Å². The van der Waals surface area contributed by atoms with Crippen LogP contribution in [0.3, 0.4) is 0 Å². The zero-order chi connectivity index (χ0) is 15.2. The summed E-state index contributed by atoms with van der Waals surface area (Å²) in [6, 6.07) is 9.34. The molecule has 108 valence electrons. The van der Waals surface area contributed by atoms with Gasteiger partial charge in [-0.3, -0.25) is 4.98 Å². The monoisotopic (exact) mass is 283 g/mol. The van der Waals surface area contributed by atoms with Gasteiger partial charge in [-0.1, -0.05) is 13.8 Å². The highest BCUT2D eigenvalue weighted by molar-refractivity contribution is 5.60. The lowest BCUT2D eigenvalue weighted by molar-refractivity contribution is -0.274. The Labute approximate surface area is 116 Å². The summed E-state index contributed by atoms with van der Waals surface area (Å²) in [6.45, 7) is 5.92. The molecular formula is C15H16F3NO. The minimum absolute atomic E-state index is 0.237. The molecule has 1 heterocycles. The van der Waals surface area contributed by atoms with Crippen molar-refractivity contribution in [1.29, 1.82) is 0 Å². The third kappa shape index (κ3) is 4.91. The predicted molar refractivity (Wildman–Crippen MR) is 72.4 cm³/mol. The van der Waals surface area contributed by atoms with Crippen molar-refractivity contribution in [2.45, 2.75) is 27.1 Å². The van der Waals surface area contributed by atoms with Gasteiger partial charge < -0.3 is 4.74 Å². The normalized spacial score (nSPS) is 10.5. The van der Waals surface area contributed by atoms with Crippen LogP contribution in [0.1, 0.15) is 19.4 Å². The molecule has 20 heavy (non-hydrogen) atoms. The molecule has 0 unspecified atom stereocenters. The van der Waals surface area contributed by atoms with Crippen LogP contribution in [0.15, 0.2) is 42.6 Å². The van der Waals surface area contributed by atoms with Gasteiger partial charge in [0.05, 0.1) is 5.69 Å². The van der Waals surface area contributed by atoms with Crippen molar-refractivity contribution in [2.24, 2.45) is 0 Å². The Bertz CT molecular complexity index is 536. The van der Waals surface area contributed by atoms with E-state index in [1.165, 1.54) is 12.1 Å². The van der Waals surface area contributed by atoms with E-state index in [2.05, 4.69) is 9.72 Å². The molecular weight excluding hydrogens is 267 g/mol. The van der Waals surface area contributed by atoms with Crippen molar-refractivity contribution in [2.75, 3.05) is 0 Å². The highest BCUT2D eigenvalue weighted by Crippen LogP contribution is 2.25. The highest BCUT2D eigenvalue weighted by atomic mass is 19.4. The summed E-state index contributed by atoms with van der Waals surface area (Å²) in [5.41, 5.74) is 2.50. The van der Waals surface area contributed by atoms with E-state index in [9.17, 15) is 13.2 Å². The number of halogens is 3. The fourth-order valence-corrected chi connectivity index (χ4v) is 1.52. The Morgan fingerprint density at radius 3 is 2.10 bits per heavy atom. The highest BCUT2D eigenvalue weighted by Gasteiger charge is 2.30. The van der Waals surface area contributed by atoms with Crippen molar-refractivity contribution >= 4 is 0 Å². The van der Waals surface area contributed by atoms with E-state index in [4.69, 9.17) is 0 Å². The van der Waals surface area contributed by atoms with Gasteiger partial charge in [-0.25, -0.2) is 0 Å². The zero-order valence-electron chi connectivity index (χ0n) is 11.5. The van der Waals surface area contributed by atoms with Crippen LogP contribution in [0.25, 0.3) is 11.3 Å². The second kappa shape index (κ2) is 6.93. The zero-order valence-corrected chi connectivity index (χ0v) is 11.5. The summed E-state index contributed by atoms with van der Waals surface area (Å²) in [5, 5.41) is 0. The van der Waals surface area contributed by atoms with Gasteiger partial charge in [0.15, 0.2) is 0 Å². The number of pyridine rings is 1. The maximum Gasteiger partial charge on any atom is 0.573 e. The van der Waals surface area contributed by atoms with Crippen molar-refractivity contribution in [3.05, 3.63) is 48.2 Å². The first kappa shape index (κ1) is 16.0. The topological polar surface area (TPSA) is 22.1 Å². The smallest absolute Gasteiger partial charge is 0.406 e.